The van der Waals surface area contributed by atoms with E-state index in [4.69, 9.17) is 4.74 Å². The van der Waals surface area contributed by atoms with Crippen molar-refractivity contribution in [1.29, 1.82) is 0 Å². The Morgan fingerprint density at radius 1 is 1.43 bits per heavy atom. The van der Waals surface area contributed by atoms with Gasteiger partial charge < -0.3 is 9.64 Å². The van der Waals surface area contributed by atoms with Crippen LogP contribution in [0.4, 0.5) is 4.79 Å². The van der Waals surface area contributed by atoms with E-state index in [0.29, 0.717) is 19.4 Å². The zero-order valence-corrected chi connectivity index (χ0v) is 8.36. The van der Waals surface area contributed by atoms with Crippen molar-refractivity contribution in [3.8, 4) is 0 Å². The highest BCUT2D eigenvalue weighted by atomic mass is 16.6. The smallest absolute Gasteiger partial charge is 0.410 e. The van der Waals surface area contributed by atoms with Crippen LogP contribution in [0, 0.1) is 0 Å². The molecule has 2 aliphatic rings. The molecule has 2 saturated heterocycles. The summed E-state index contributed by atoms with van der Waals surface area (Å²) in [6.07, 6.45) is 2.71. The Balaban J connectivity index is 2.07. The molecule has 2 fully saturated rings. The van der Waals surface area contributed by atoms with Crippen molar-refractivity contribution in [3.05, 3.63) is 0 Å². The number of fused-ring (bicyclic) bond motifs is 2. The lowest BCUT2D eigenvalue weighted by Crippen LogP contribution is -2.46. The number of piperidine rings is 1. The van der Waals surface area contributed by atoms with E-state index in [1.807, 2.05) is 0 Å². The number of hydrogen-bond acceptors (Lipinski definition) is 3. The summed E-state index contributed by atoms with van der Waals surface area (Å²) in [6, 6.07) is 0.223. The first-order valence-electron chi connectivity index (χ1n) is 5.19. The topological polar surface area (TPSA) is 46.6 Å². The summed E-state index contributed by atoms with van der Waals surface area (Å²) in [4.78, 5) is 24.6. The molecule has 78 valence electrons. The molecule has 2 bridgehead atoms. The molecular formula is C10H15NO3. The number of rotatable bonds is 1. The van der Waals surface area contributed by atoms with Gasteiger partial charge in [-0.2, -0.15) is 0 Å². The van der Waals surface area contributed by atoms with E-state index < -0.39 is 0 Å². The van der Waals surface area contributed by atoms with Gasteiger partial charge in [-0.1, -0.05) is 0 Å². The molecule has 4 heteroatoms. The fourth-order valence-corrected chi connectivity index (χ4v) is 2.47. The quantitative estimate of drug-likeness (QED) is 0.637. The fourth-order valence-electron chi connectivity index (χ4n) is 2.47. The third kappa shape index (κ3) is 1.49. The van der Waals surface area contributed by atoms with E-state index in [9.17, 15) is 9.59 Å². The minimum Gasteiger partial charge on any atom is -0.450 e. The van der Waals surface area contributed by atoms with Crippen LogP contribution in [0.15, 0.2) is 0 Å². The number of Topliss-reactive ketones (excluding diaryl/α,β-unsaturated/α-hetero) is 1. The van der Waals surface area contributed by atoms with Crippen LogP contribution in [0.1, 0.15) is 32.6 Å². The lowest BCUT2D eigenvalue weighted by molar-refractivity contribution is -0.123. The van der Waals surface area contributed by atoms with Crippen LogP contribution in [-0.4, -0.2) is 35.5 Å². The minimum atomic E-state index is -0.243. The second-order valence-corrected chi connectivity index (χ2v) is 3.94. The van der Waals surface area contributed by atoms with Crippen LogP contribution in [0.5, 0.6) is 0 Å². The van der Waals surface area contributed by atoms with Gasteiger partial charge in [-0.3, -0.25) is 4.79 Å². The maximum Gasteiger partial charge on any atom is 0.410 e. The highest BCUT2D eigenvalue weighted by Gasteiger charge is 2.43. The number of amides is 1. The summed E-state index contributed by atoms with van der Waals surface area (Å²) < 4.78 is 4.97. The molecule has 0 aromatic carbocycles. The molecule has 14 heavy (non-hydrogen) atoms. The maximum absolute atomic E-state index is 11.6. The molecule has 2 unspecified atom stereocenters. The van der Waals surface area contributed by atoms with Crippen molar-refractivity contribution in [2.75, 3.05) is 6.61 Å². The molecular weight excluding hydrogens is 182 g/mol. The average Bonchev–Trinajstić information content (AvgIpc) is 2.39. The van der Waals surface area contributed by atoms with Crippen molar-refractivity contribution < 1.29 is 14.3 Å². The Labute approximate surface area is 83.2 Å². The second-order valence-electron chi connectivity index (χ2n) is 3.94. The molecule has 2 heterocycles. The predicted octanol–water partition coefficient (Wildman–Crippen LogP) is 1.34. The lowest BCUT2D eigenvalue weighted by atomic mass is 10.0. The first-order chi connectivity index (χ1) is 6.72. The summed E-state index contributed by atoms with van der Waals surface area (Å²) in [5.74, 6) is 0.290. The maximum atomic E-state index is 11.6. The normalized spacial score (nSPS) is 30.6. The molecule has 2 rings (SSSR count). The van der Waals surface area contributed by atoms with Crippen molar-refractivity contribution in [1.82, 2.24) is 4.90 Å². The van der Waals surface area contributed by atoms with Gasteiger partial charge in [0.15, 0.2) is 0 Å². The zero-order chi connectivity index (χ0) is 10.1. The molecule has 0 N–H and O–H groups in total. The van der Waals surface area contributed by atoms with Crippen molar-refractivity contribution in [2.45, 2.75) is 44.7 Å². The third-order valence-electron chi connectivity index (χ3n) is 3.03. The van der Waals surface area contributed by atoms with Gasteiger partial charge in [-0.25, -0.2) is 4.79 Å². The van der Waals surface area contributed by atoms with E-state index in [1.54, 1.807) is 11.8 Å². The number of nitrogens with zero attached hydrogens (tertiary/aromatic N) is 1. The molecule has 1 amide bonds. The largest absolute Gasteiger partial charge is 0.450 e. The van der Waals surface area contributed by atoms with Gasteiger partial charge in [-0.15, -0.1) is 0 Å². The Morgan fingerprint density at radius 2 is 2.00 bits per heavy atom. The SMILES string of the molecule is CCOC(=O)N1C2CCC1CC(=O)C2. The van der Waals surface area contributed by atoms with Crippen LogP contribution in [0.3, 0.4) is 0 Å². The highest BCUT2D eigenvalue weighted by Crippen LogP contribution is 2.34. The number of ketones is 1. The standard InChI is InChI=1S/C10H15NO3/c1-2-14-10(13)11-7-3-4-8(11)6-9(12)5-7/h7-8H,2-6H2,1H3. The zero-order valence-electron chi connectivity index (χ0n) is 8.36. The van der Waals surface area contributed by atoms with Gasteiger partial charge in [0.25, 0.3) is 0 Å². The first kappa shape index (κ1) is 9.49. The van der Waals surface area contributed by atoms with E-state index >= 15 is 0 Å². The van der Waals surface area contributed by atoms with Gasteiger partial charge in [-0.05, 0) is 19.8 Å². The molecule has 0 saturated carbocycles. The van der Waals surface area contributed by atoms with E-state index in [-0.39, 0.29) is 24.0 Å². The Kier molecular flexibility index (Phi) is 2.44. The second kappa shape index (κ2) is 3.59. The van der Waals surface area contributed by atoms with Gasteiger partial charge in [0.2, 0.25) is 0 Å². The molecule has 0 spiro atoms. The van der Waals surface area contributed by atoms with Gasteiger partial charge >= 0.3 is 6.09 Å². The van der Waals surface area contributed by atoms with Crippen molar-refractivity contribution in [2.24, 2.45) is 0 Å². The lowest BCUT2D eigenvalue weighted by Gasteiger charge is -2.32. The predicted molar refractivity (Wildman–Crippen MR) is 49.9 cm³/mol. The number of hydrogen-bond donors (Lipinski definition) is 0. The highest BCUT2D eigenvalue weighted by molar-refractivity contribution is 5.83. The van der Waals surface area contributed by atoms with Gasteiger partial charge in [0, 0.05) is 24.9 Å². The first-order valence-corrected chi connectivity index (χ1v) is 5.19. The molecule has 0 aromatic rings. The summed E-state index contributed by atoms with van der Waals surface area (Å²) in [7, 11) is 0. The van der Waals surface area contributed by atoms with E-state index in [2.05, 4.69) is 0 Å². The molecule has 2 atom stereocenters. The van der Waals surface area contributed by atoms with E-state index in [1.165, 1.54) is 0 Å². The molecule has 0 aromatic heterocycles. The molecule has 4 nitrogen and oxygen atoms in total. The Bertz CT molecular complexity index is 248. The fraction of sp³-hybridized carbons (Fsp3) is 0.800. The van der Waals surface area contributed by atoms with Crippen LogP contribution < -0.4 is 0 Å². The summed E-state index contributed by atoms with van der Waals surface area (Å²) in [5, 5.41) is 0. The van der Waals surface area contributed by atoms with Crippen molar-refractivity contribution >= 4 is 11.9 Å². The molecule has 2 aliphatic heterocycles. The number of carbonyl (C=O) groups excluding carboxylic acids is 2. The molecule has 0 aliphatic carbocycles. The van der Waals surface area contributed by atoms with Crippen LogP contribution >= 0.6 is 0 Å². The van der Waals surface area contributed by atoms with Crippen molar-refractivity contribution in [3.63, 3.8) is 0 Å². The van der Waals surface area contributed by atoms with Crippen LogP contribution in [-0.2, 0) is 9.53 Å². The molecule has 0 radical (unpaired) electrons. The van der Waals surface area contributed by atoms with Crippen LogP contribution in [0.2, 0.25) is 0 Å². The van der Waals surface area contributed by atoms with E-state index in [0.717, 1.165) is 12.8 Å². The minimum absolute atomic E-state index is 0.111. The third-order valence-corrected chi connectivity index (χ3v) is 3.03. The number of carbonyl (C=O) groups is 2. The summed E-state index contributed by atoms with van der Waals surface area (Å²) >= 11 is 0. The summed E-state index contributed by atoms with van der Waals surface area (Å²) in [5.41, 5.74) is 0. The average molecular weight is 197 g/mol. The number of ether oxygens (including phenoxy) is 1. The Hall–Kier alpha value is -1.06. The van der Waals surface area contributed by atoms with Gasteiger partial charge in [0.05, 0.1) is 6.61 Å². The Morgan fingerprint density at radius 3 is 2.50 bits per heavy atom. The summed E-state index contributed by atoms with van der Waals surface area (Å²) in [6.45, 7) is 2.21. The van der Waals surface area contributed by atoms with Crippen LogP contribution in [0.25, 0.3) is 0 Å². The monoisotopic (exact) mass is 197 g/mol. The van der Waals surface area contributed by atoms with Gasteiger partial charge in [0.1, 0.15) is 5.78 Å².